The summed E-state index contributed by atoms with van der Waals surface area (Å²) in [5.41, 5.74) is 0.327. The van der Waals surface area contributed by atoms with Gasteiger partial charge in [-0.05, 0) is 42.5 Å². The van der Waals surface area contributed by atoms with Crippen molar-refractivity contribution in [2.75, 3.05) is 5.32 Å². The first-order valence-electron chi connectivity index (χ1n) is 6.33. The molecule has 3 rings (SSSR count). The van der Waals surface area contributed by atoms with Crippen LogP contribution in [0.3, 0.4) is 0 Å². The lowest BCUT2D eigenvalue weighted by Crippen LogP contribution is -2.20. The van der Waals surface area contributed by atoms with Gasteiger partial charge in [0.2, 0.25) is 0 Å². The van der Waals surface area contributed by atoms with E-state index in [9.17, 15) is 9.59 Å². The summed E-state index contributed by atoms with van der Waals surface area (Å²) in [7, 11) is 0. The topological polar surface area (TPSA) is 59.3 Å². The van der Waals surface area contributed by atoms with Gasteiger partial charge in [0.1, 0.15) is 11.1 Å². The molecule has 0 bridgehead atoms. The highest BCUT2D eigenvalue weighted by Gasteiger charge is 2.14. The summed E-state index contributed by atoms with van der Waals surface area (Å²) in [6.45, 7) is 0. The maximum absolute atomic E-state index is 12.3. The number of hydrogen-bond donors (Lipinski definition) is 1. The molecule has 0 unspecified atom stereocenters. The van der Waals surface area contributed by atoms with Gasteiger partial charge in [-0.1, -0.05) is 37.9 Å². The minimum absolute atomic E-state index is 0.0365. The molecule has 0 saturated carbocycles. The molecule has 0 radical (unpaired) electrons. The molecule has 22 heavy (non-hydrogen) atoms. The number of carbonyl (C=O) groups is 1. The molecular formula is C16H9Br2NO3. The third kappa shape index (κ3) is 3.13. The molecule has 0 saturated heterocycles. The number of carbonyl (C=O) groups excluding carboxylic acids is 1. The quantitative estimate of drug-likeness (QED) is 0.615. The highest BCUT2D eigenvalue weighted by Crippen LogP contribution is 2.20. The molecular weight excluding hydrogens is 414 g/mol. The van der Waals surface area contributed by atoms with Gasteiger partial charge in [-0.15, -0.1) is 0 Å². The summed E-state index contributed by atoms with van der Waals surface area (Å²) in [6, 6.07) is 13.9. The second-order valence-corrected chi connectivity index (χ2v) is 6.43. The van der Waals surface area contributed by atoms with Crippen LogP contribution in [0.25, 0.3) is 11.0 Å². The lowest BCUT2D eigenvalue weighted by Gasteiger charge is -2.06. The van der Waals surface area contributed by atoms with E-state index in [4.69, 9.17) is 4.42 Å². The molecule has 0 aliphatic rings. The van der Waals surface area contributed by atoms with Crippen molar-refractivity contribution in [3.05, 3.63) is 73.5 Å². The summed E-state index contributed by atoms with van der Waals surface area (Å²) >= 11 is 6.68. The lowest BCUT2D eigenvalue weighted by atomic mass is 10.1. The van der Waals surface area contributed by atoms with Crippen molar-refractivity contribution in [1.29, 1.82) is 0 Å². The van der Waals surface area contributed by atoms with Gasteiger partial charge in [0.15, 0.2) is 0 Å². The Morgan fingerprint density at radius 3 is 2.55 bits per heavy atom. The maximum atomic E-state index is 12.3. The standard InChI is InChI=1S/C16H9Br2NO3/c17-10-2-1-3-12(8-10)19-15(20)13-7-9-6-11(18)4-5-14(9)22-16(13)21/h1-8H,(H,19,20). The molecule has 1 N–H and O–H groups in total. The van der Waals surface area contributed by atoms with E-state index in [1.54, 1.807) is 36.4 Å². The molecule has 0 spiro atoms. The van der Waals surface area contributed by atoms with E-state index in [0.717, 1.165) is 8.95 Å². The predicted octanol–water partition coefficient (Wildman–Crippen LogP) is 4.57. The van der Waals surface area contributed by atoms with E-state index in [2.05, 4.69) is 37.2 Å². The first-order chi connectivity index (χ1) is 10.5. The van der Waals surface area contributed by atoms with Crippen LogP contribution in [0.15, 0.2) is 66.7 Å². The number of fused-ring (bicyclic) bond motifs is 1. The van der Waals surface area contributed by atoms with Crippen LogP contribution in [0.1, 0.15) is 10.4 Å². The Labute approximate surface area is 142 Å². The van der Waals surface area contributed by atoms with Gasteiger partial charge < -0.3 is 9.73 Å². The number of nitrogens with one attached hydrogen (secondary N) is 1. The van der Waals surface area contributed by atoms with Gasteiger partial charge in [-0.3, -0.25) is 4.79 Å². The first-order valence-corrected chi connectivity index (χ1v) is 7.92. The van der Waals surface area contributed by atoms with Gasteiger partial charge in [0.25, 0.3) is 5.91 Å². The van der Waals surface area contributed by atoms with Gasteiger partial charge in [0.05, 0.1) is 0 Å². The second kappa shape index (κ2) is 6.06. The zero-order valence-electron chi connectivity index (χ0n) is 11.1. The van der Waals surface area contributed by atoms with Gasteiger partial charge in [-0.2, -0.15) is 0 Å². The Hall–Kier alpha value is -1.92. The van der Waals surface area contributed by atoms with E-state index >= 15 is 0 Å². The van der Waals surface area contributed by atoms with E-state index in [-0.39, 0.29) is 5.56 Å². The average molecular weight is 423 g/mol. The summed E-state index contributed by atoms with van der Waals surface area (Å²) in [5.74, 6) is -0.506. The number of amides is 1. The van der Waals surface area contributed by atoms with Crippen molar-refractivity contribution >= 4 is 54.4 Å². The van der Waals surface area contributed by atoms with E-state index in [1.165, 1.54) is 6.07 Å². The molecule has 2 aromatic carbocycles. The average Bonchev–Trinajstić information content (AvgIpc) is 2.47. The third-order valence-electron chi connectivity index (χ3n) is 3.02. The minimum atomic E-state index is -0.665. The van der Waals surface area contributed by atoms with Crippen LogP contribution in [0.5, 0.6) is 0 Å². The minimum Gasteiger partial charge on any atom is -0.422 e. The molecule has 1 aromatic heterocycles. The van der Waals surface area contributed by atoms with Crippen molar-refractivity contribution in [1.82, 2.24) is 0 Å². The molecule has 3 aromatic rings. The number of anilines is 1. The number of halogens is 2. The monoisotopic (exact) mass is 421 g/mol. The Balaban J connectivity index is 2.00. The van der Waals surface area contributed by atoms with Crippen LogP contribution in [0, 0.1) is 0 Å². The van der Waals surface area contributed by atoms with Crippen LogP contribution in [0.4, 0.5) is 5.69 Å². The highest BCUT2D eigenvalue weighted by molar-refractivity contribution is 9.10. The van der Waals surface area contributed by atoms with E-state index in [1.807, 2.05) is 6.07 Å². The number of benzene rings is 2. The van der Waals surface area contributed by atoms with Crippen LogP contribution in [-0.2, 0) is 0 Å². The Kier molecular flexibility index (Phi) is 4.13. The van der Waals surface area contributed by atoms with Crippen molar-refractivity contribution < 1.29 is 9.21 Å². The Morgan fingerprint density at radius 2 is 1.77 bits per heavy atom. The molecule has 0 atom stereocenters. The molecule has 0 aliphatic heterocycles. The highest BCUT2D eigenvalue weighted by atomic mass is 79.9. The van der Waals surface area contributed by atoms with Gasteiger partial charge in [0, 0.05) is 20.0 Å². The molecule has 1 amide bonds. The van der Waals surface area contributed by atoms with Crippen molar-refractivity contribution in [3.63, 3.8) is 0 Å². The Morgan fingerprint density at radius 1 is 1.00 bits per heavy atom. The fourth-order valence-electron chi connectivity index (χ4n) is 2.02. The SMILES string of the molecule is O=C(Nc1cccc(Br)c1)c1cc2cc(Br)ccc2oc1=O. The van der Waals surface area contributed by atoms with Crippen molar-refractivity contribution in [3.8, 4) is 0 Å². The fourth-order valence-corrected chi connectivity index (χ4v) is 2.80. The van der Waals surface area contributed by atoms with Crippen molar-refractivity contribution in [2.45, 2.75) is 0 Å². The van der Waals surface area contributed by atoms with Crippen LogP contribution in [0.2, 0.25) is 0 Å². The summed E-state index contributed by atoms with van der Waals surface area (Å²) in [6.07, 6.45) is 0. The second-order valence-electron chi connectivity index (χ2n) is 4.59. The van der Waals surface area contributed by atoms with Crippen LogP contribution in [-0.4, -0.2) is 5.91 Å². The summed E-state index contributed by atoms with van der Waals surface area (Å²) in [4.78, 5) is 24.2. The number of rotatable bonds is 2. The van der Waals surface area contributed by atoms with Crippen LogP contribution < -0.4 is 10.9 Å². The molecule has 0 fully saturated rings. The Bertz CT molecular complexity index is 934. The predicted molar refractivity (Wildman–Crippen MR) is 92.3 cm³/mol. The molecule has 1 heterocycles. The molecule has 4 nitrogen and oxygen atoms in total. The molecule has 110 valence electrons. The zero-order chi connectivity index (χ0) is 15.7. The summed E-state index contributed by atoms with van der Waals surface area (Å²) < 4.78 is 6.86. The normalized spacial score (nSPS) is 10.6. The third-order valence-corrected chi connectivity index (χ3v) is 4.01. The molecule has 0 aliphatic carbocycles. The van der Waals surface area contributed by atoms with Crippen molar-refractivity contribution in [2.24, 2.45) is 0 Å². The lowest BCUT2D eigenvalue weighted by molar-refractivity contribution is 0.102. The van der Waals surface area contributed by atoms with Gasteiger partial charge >= 0.3 is 5.63 Å². The largest absolute Gasteiger partial charge is 0.422 e. The smallest absolute Gasteiger partial charge is 0.349 e. The van der Waals surface area contributed by atoms with E-state index < -0.39 is 11.5 Å². The zero-order valence-corrected chi connectivity index (χ0v) is 14.3. The summed E-state index contributed by atoms with van der Waals surface area (Å²) in [5, 5.41) is 3.35. The number of hydrogen-bond acceptors (Lipinski definition) is 3. The van der Waals surface area contributed by atoms with E-state index in [0.29, 0.717) is 16.7 Å². The first kappa shape index (κ1) is 15.0. The molecule has 6 heteroatoms. The maximum Gasteiger partial charge on any atom is 0.349 e. The van der Waals surface area contributed by atoms with Crippen LogP contribution >= 0.6 is 31.9 Å². The fraction of sp³-hybridized carbons (Fsp3) is 0. The van der Waals surface area contributed by atoms with Gasteiger partial charge in [-0.25, -0.2) is 4.79 Å².